The summed E-state index contributed by atoms with van der Waals surface area (Å²) in [4.78, 5) is 4.31. The van der Waals surface area contributed by atoms with Crippen molar-refractivity contribution in [2.24, 2.45) is 5.41 Å². The third-order valence-corrected chi connectivity index (χ3v) is 4.30. The molecule has 0 spiro atoms. The molecular weight excluding hydrogens is 232 g/mol. The molecule has 0 amide bonds. The molecule has 3 heteroatoms. The van der Waals surface area contributed by atoms with E-state index in [0.29, 0.717) is 5.41 Å². The lowest BCUT2D eigenvalue weighted by Crippen LogP contribution is -2.37. The van der Waals surface area contributed by atoms with E-state index in [4.69, 9.17) is 11.6 Å². The summed E-state index contributed by atoms with van der Waals surface area (Å²) in [5.41, 5.74) is 1.43. The summed E-state index contributed by atoms with van der Waals surface area (Å²) in [7, 11) is 0. The lowest BCUT2D eigenvalue weighted by Gasteiger charge is -2.35. The van der Waals surface area contributed by atoms with Gasteiger partial charge in [0.15, 0.2) is 0 Å². The fraction of sp³-hybridized carbons (Fsp3) is 0.643. The van der Waals surface area contributed by atoms with Crippen molar-refractivity contribution in [2.75, 3.05) is 12.4 Å². The second-order valence-electron chi connectivity index (χ2n) is 5.12. The summed E-state index contributed by atoms with van der Waals surface area (Å²) in [5, 5.41) is 3.52. The van der Waals surface area contributed by atoms with Crippen molar-refractivity contribution in [2.45, 2.75) is 38.6 Å². The number of nitrogens with one attached hydrogen (secondary N) is 1. The van der Waals surface area contributed by atoms with Crippen molar-refractivity contribution in [3.05, 3.63) is 30.1 Å². The van der Waals surface area contributed by atoms with Crippen molar-refractivity contribution in [3.63, 3.8) is 0 Å². The maximum Gasteiger partial charge on any atom is 0.0541 e. The Morgan fingerprint density at radius 2 is 2.06 bits per heavy atom. The summed E-state index contributed by atoms with van der Waals surface area (Å²) in [6.07, 6.45) is 8.42. The number of nitrogens with zero attached hydrogens (tertiary/aromatic N) is 1. The fourth-order valence-electron chi connectivity index (χ4n) is 2.62. The second kappa shape index (κ2) is 6.36. The van der Waals surface area contributed by atoms with Gasteiger partial charge in [0.05, 0.1) is 5.69 Å². The Morgan fingerprint density at radius 3 is 2.71 bits per heavy atom. The van der Waals surface area contributed by atoms with E-state index in [-0.39, 0.29) is 0 Å². The summed E-state index contributed by atoms with van der Waals surface area (Å²) in [6.45, 7) is 1.87. The first-order valence-electron chi connectivity index (χ1n) is 6.51. The molecule has 94 valence electrons. The van der Waals surface area contributed by atoms with Crippen LogP contribution >= 0.6 is 11.6 Å². The van der Waals surface area contributed by atoms with E-state index in [1.807, 2.05) is 18.3 Å². The number of hydrogen-bond acceptors (Lipinski definition) is 2. The first-order valence-corrected chi connectivity index (χ1v) is 7.05. The summed E-state index contributed by atoms with van der Waals surface area (Å²) < 4.78 is 0. The zero-order chi connectivity index (χ0) is 12.0. The van der Waals surface area contributed by atoms with Crippen LogP contribution in [0.1, 0.15) is 37.8 Å². The van der Waals surface area contributed by atoms with Crippen molar-refractivity contribution in [1.29, 1.82) is 0 Å². The number of aromatic nitrogens is 1. The molecule has 0 radical (unpaired) electrons. The Balaban J connectivity index is 1.80. The van der Waals surface area contributed by atoms with Crippen LogP contribution in [0.25, 0.3) is 0 Å². The molecule has 0 saturated heterocycles. The first-order chi connectivity index (χ1) is 8.35. The van der Waals surface area contributed by atoms with Crippen LogP contribution in [0.3, 0.4) is 0 Å². The van der Waals surface area contributed by atoms with Gasteiger partial charge in [-0.05, 0) is 30.4 Å². The Hall–Kier alpha value is -0.600. The molecule has 1 aliphatic rings. The molecule has 1 heterocycles. The zero-order valence-corrected chi connectivity index (χ0v) is 11.0. The Kier molecular flexibility index (Phi) is 4.81. The molecule has 2 rings (SSSR count). The normalized spacial score (nSPS) is 19.1. The van der Waals surface area contributed by atoms with Crippen molar-refractivity contribution in [3.8, 4) is 0 Å². The molecule has 1 aromatic heterocycles. The van der Waals surface area contributed by atoms with Crippen molar-refractivity contribution in [1.82, 2.24) is 10.3 Å². The van der Waals surface area contributed by atoms with E-state index < -0.39 is 0 Å². The van der Waals surface area contributed by atoms with Gasteiger partial charge in [-0.3, -0.25) is 4.98 Å². The van der Waals surface area contributed by atoms with E-state index in [1.54, 1.807) is 0 Å². The molecule has 1 aromatic rings. The number of alkyl halides is 1. The van der Waals surface area contributed by atoms with Gasteiger partial charge in [0.1, 0.15) is 0 Å². The van der Waals surface area contributed by atoms with Crippen LogP contribution in [0, 0.1) is 5.41 Å². The van der Waals surface area contributed by atoms with Crippen LogP contribution in [-0.2, 0) is 6.54 Å². The Morgan fingerprint density at radius 1 is 1.24 bits per heavy atom. The van der Waals surface area contributed by atoms with Gasteiger partial charge in [0.2, 0.25) is 0 Å². The summed E-state index contributed by atoms with van der Waals surface area (Å²) in [5.74, 6) is 0.780. The molecule has 0 atom stereocenters. The van der Waals surface area contributed by atoms with Crippen LogP contribution in [0.15, 0.2) is 24.4 Å². The minimum atomic E-state index is 0.328. The average molecular weight is 253 g/mol. The van der Waals surface area contributed by atoms with Gasteiger partial charge in [0, 0.05) is 25.2 Å². The Bertz CT molecular complexity index is 320. The minimum absolute atomic E-state index is 0.328. The largest absolute Gasteiger partial charge is 0.311 e. The van der Waals surface area contributed by atoms with E-state index in [9.17, 15) is 0 Å². The minimum Gasteiger partial charge on any atom is -0.311 e. The highest BCUT2D eigenvalue weighted by Gasteiger charge is 2.30. The van der Waals surface area contributed by atoms with Crippen LogP contribution in [0.4, 0.5) is 0 Å². The summed E-state index contributed by atoms with van der Waals surface area (Å²) in [6, 6.07) is 6.04. The third-order valence-electron chi connectivity index (χ3n) is 3.73. The quantitative estimate of drug-likeness (QED) is 0.813. The molecular formula is C14H21ClN2. The highest BCUT2D eigenvalue weighted by Crippen LogP contribution is 2.36. The second-order valence-corrected chi connectivity index (χ2v) is 5.39. The zero-order valence-electron chi connectivity index (χ0n) is 10.3. The highest BCUT2D eigenvalue weighted by atomic mass is 35.5. The van der Waals surface area contributed by atoms with Crippen molar-refractivity contribution < 1.29 is 0 Å². The van der Waals surface area contributed by atoms with Gasteiger partial charge >= 0.3 is 0 Å². The number of halogens is 1. The van der Waals surface area contributed by atoms with Crippen molar-refractivity contribution >= 4 is 11.6 Å². The van der Waals surface area contributed by atoms with Crippen LogP contribution in [0.5, 0.6) is 0 Å². The molecule has 0 aromatic carbocycles. The Labute approximate surface area is 109 Å². The number of pyridine rings is 1. The lowest BCUT2D eigenvalue weighted by atomic mass is 9.75. The molecule has 1 saturated carbocycles. The topological polar surface area (TPSA) is 24.9 Å². The molecule has 2 nitrogen and oxygen atoms in total. The standard InChI is InChI=1S/C14H21ClN2/c15-11-14(7-3-1-4-8-14)12-16-10-13-6-2-5-9-17-13/h2,5-6,9,16H,1,3-4,7-8,10-12H2. The number of rotatable bonds is 5. The molecule has 0 aliphatic heterocycles. The number of hydrogen-bond donors (Lipinski definition) is 1. The predicted molar refractivity (Wildman–Crippen MR) is 72.2 cm³/mol. The molecule has 17 heavy (non-hydrogen) atoms. The van der Waals surface area contributed by atoms with Gasteiger partial charge in [-0.1, -0.05) is 25.3 Å². The van der Waals surface area contributed by atoms with E-state index >= 15 is 0 Å². The van der Waals surface area contributed by atoms with Gasteiger partial charge in [0.25, 0.3) is 0 Å². The molecule has 0 unspecified atom stereocenters. The van der Waals surface area contributed by atoms with Gasteiger partial charge in [-0.15, -0.1) is 11.6 Å². The monoisotopic (exact) mass is 252 g/mol. The first kappa shape index (κ1) is 12.8. The van der Waals surface area contributed by atoms with E-state index in [0.717, 1.165) is 24.7 Å². The van der Waals surface area contributed by atoms with Crippen LogP contribution in [0.2, 0.25) is 0 Å². The van der Waals surface area contributed by atoms with Gasteiger partial charge in [-0.25, -0.2) is 0 Å². The fourth-order valence-corrected chi connectivity index (χ4v) is 2.98. The van der Waals surface area contributed by atoms with E-state index in [1.165, 1.54) is 32.1 Å². The smallest absolute Gasteiger partial charge is 0.0541 e. The predicted octanol–water partition coefficient (Wildman–Crippen LogP) is 3.36. The maximum atomic E-state index is 6.16. The maximum absolute atomic E-state index is 6.16. The molecule has 1 N–H and O–H groups in total. The van der Waals surface area contributed by atoms with Crippen LogP contribution in [-0.4, -0.2) is 17.4 Å². The van der Waals surface area contributed by atoms with Gasteiger partial charge < -0.3 is 5.32 Å². The lowest BCUT2D eigenvalue weighted by molar-refractivity contribution is 0.212. The van der Waals surface area contributed by atoms with Crippen LogP contribution < -0.4 is 5.32 Å². The average Bonchev–Trinajstić information content (AvgIpc) is 2.41. The van der Waals surface area contributed by atoms with Gasteiger partial charge in [-0.2, -0.15) is 0 Å². The molecule has 1 fully saturated rings. The summed E-state index contributed by atoms with van der Waals surface area (Å²) >= 11 is 6.16. The molecule has 1 aliphatic carbocycles. The third kappa shape index (κ3) is 3.68. The highest BCUT2D eigenvalue weighted by molar-refractivity contribution is 6.18. The SMILES string of the molecule is ClCC1(CNCc2ccccn2)CCCCC1. The molecule has 0 bridgehead atoms. The van der Waals surface area contributed by atoms with E-state index in [2.05, 4.69) is 16.4 Å².